The molecular weight excluding hydrogens is 412 g/mol. The van der Waals surface area contributed by atoms with Crippen molar-refractivity contribution in [3.8, 4) is 10.6 Å². The van der Waals surface area contributed by atoms with Crippen LogP contribution in [0.1, 0.15) is 33.1 Å². The zero-order chi connectivity index (χ0) is 18.7. The van der Waals surface area contributed by atoms with Crippen molar-refractivity contribution < 1.29 is 4.79 Å². The van der Waals surface area contributed by atoms with Crippen molar-refractivity contribution in [1.29, 1.82) is 0 Å². The molecule has 7 heteroatoms. The van der Waals surface area contributed by atoms with E-state index in [4.69, 9.17) is 11.5 Å². The minimum Gasteiger partial charge on any atom is -0.365 e. The number of aromatic nitrogens is 2. The first kappa shape index (κ1) is 18.8. The van der Waals surface area contributed by atoms with Crippen LogP contribution in [0.15, 0.2) is 47.1 Å². The molecule has 1 atom stereocenters. The molecule has 0 fully saturated rings. The van der Waals surface area contributed by atoms with Crippen molar-refractivity contribution in [2.45, 2.75) is 18.8 Å². The molecule has 5 nitrogen and oxygen atoms in total. The number of halogens is 1. The third-order valence-electron chi connectivity index (χ3n) is 4.41. The lowest BCUT2D eigenvalue weighted by molar-refractivity contribution is 0.100. The molecule has 3 rings (SSSR count). The lowest BCUT2D eigenvalue weighted by Crippen LogP contribution is -2.16. The van der Waals surface area contributed by atoms with Gasteiger partial charge in [0.05, 0.1) is 15.4 Å². The molecule has 0 aliphatic rings. The number of carbonyl (C=O) groups excluding carboxylic acids is 1. The molecule has 0 spiro atoms. The topological polar surface area (TPSA) is 86.9 Å². The summed E-state index contributed by atoms with van der Waals surface area (Å²) in [7, 11) is 1.88. The molecule has 1 aromatic carbocycles. The van der Waals surface area contributed by atoms with Crippen LogP contribution in [0.3, 0.4) is 0 Å². The Morgan fingerprint density at radius 3 is 2.62 bits per heavy atom. The number of carbonyl (C=O) groups is 1. The third-order valence-corrected chi connectivity index (χ3v) is 6.74. The highest BCUT2D eigenvalue weighted by atomic mass is 79.9. The lowest BCUT2D eigenvalue weighted by Gasteiger charge is -2.18. The van der Waals surface area contributed by atoms with Gasteiger partial charge in [-0.25, -0.2) is 0 Å². The molecule has 1 unspecified atom stereocenters. The second-order valence-electron chi connectivity index (χ2n) is 6.16. The number of nitrogens with zero attached hydrogens (tertiary/aromatic N) is 2. The first-order valence-corrected chi connectivity index (χ1v) is 9.98. The Morgan fingerprint density at radius 1 is 1.31 bits per heavy atom. The van der Waals surface area contributed by atoms with Gasteiger partial charge >= 0.3 is 0 Å². The van der Waals surface area contributed by atoms with Crippen LogP contribution >= 0.6 is 27.3 Å². The molecule has 0 saturated heterocycles. The second kappa shape index (κ2) is 8.16. The van der Waals surface area contributed by atoms with Gasteiger partial charge in [0, 0.05) is 17.7 Å². The number of aryl methyl sites for hydroxylation is 1. The van der Waals surface area contributed by atoms with Gasteiger partial charge in [-0.2, -0.15) is 5.10 Å². The summed E-state index contributed by atoms with van der Waals surface area (Å²) in [6.45, 7) is 0.541. The highest BCUT2D eigenvalue weighted by Gasteiger charge is 2.27. The van der Waals surface area contributed by atoms with E-state index in [1.807, 2.05) is 31.3 Å². The van der Waals surface area contributed by atoms with E-state index < -0.39 is 5.91 Å². The Morgan fingerprint density at radius 2 is 2.04 bits per heavy atom. The fourth-order valence-corrected chi connectivity index (χ4v) is 5.47. The number of rotatable bonds is 7. The SMILES string of the molecule is Cn1nccc1-c1sc(C(N)=O)c(C(CCN)Cc2ccccc2)c1Br. The lowest BCUT2D eigenvalue weighted by atomic mass is 9.89. The van der Waals surface area contributed by atoms with Gasteiger partial charge < -0.3 is 11.5 Å². The first-order valence-electron chi connectivity index (χ1n) is 8.37. The van der Waals surface area contributed by atoms with Gasteiger partial charge in [0.25, 0.3) is 5.91 Å². The maximum atomic E-state index is 12.2. The highest BCUT2D eigenvalue weighted by Crippen LogP contribution is 2.45. The number of benzene rings is 1. The van der Waals surface area contributed by atoms with Crippen LogP contribution in [0.25, 0.3) is 10.6 Å². The van der Waals surface area contributed by atoms with Crippen molar-refractivity contribution >= 4 is 33.2 Å². The number of thiophene rings is 1. The van der Waals surface area contributed by atoms with Gasteiger partial charge in [-0.3, -0.25) is 9.48 Å². The molecule has 2 aromatic heterocycles. The van der Waals surface area contributed by atoms with E-state index in [1.165, 1.54) is 16.9 Å². The second-order valence-corrected chi connectivity index (χ2v) is 7.97. The molecule has 26 heavy (non-hydrogen) atoms. The monoisotopic (exact) mass is 432 g/mol. The van der Waals surface area contributed by atoms with Crippen LogP contribution < -0.4 is 11.5 Å². The van der Waals surface area contributed by atoms with Crippen LogP contribution in [0.4, 0.5) is 0 Å². The van der Waals surface area contributed by atoms with Crippen molar-refractivity contribution in [3.63, 3.8) is 0 Å². The van der Waals surface area contributed by atoms with E-state index in [1.54, 1.807) is 10.9 Å². The molecule has 136 valence electrons. The summed E-state index contributed by atoms with van der Waals surface area (Å²) in [6.07, 6.45) is 3.32. The van der Waals surface area contributed by atoms with E-state index in [0.29, 0.717) is 11.4 Å². The number of primary amides is 1. The number of hydrogen-bond donors (Lipinski definition) is 2. The maximum Gasteiger partial charge on any atom is 0.259 e. The average molecular weight is 433 g/mol. The number of hydrogen-bond acceptors (Lipinski definition) is 4. The molecule has 4 N–H and O–H groups in total. The largest absolute Gasteiger partial charge is 0.365 e. The fraction of sp³-hybridized carbons (Fsp3) is 0.263. The minimum atomic E-state index is -0.408. The molecule has 0 aliphatic heterocycles. The number of nitrogens with two attached hydrogens (primary N) is 2. The molecule has 2 heterocycles. The predicted octanol–water partition coefficient (Wildman–Crippen LogP) is 3.69. The molecule has 0 bridgehead atoms. The standard InChI is InChI=1S/C19H21BrN4OS/c1-24-14(8-10-23-24)17-16(20)15(18(26-17)19(22)25)13(7-9-21)11-12-5-3-2-4-6-12/h2-6,8,10,13H,7,9,11,21H2,1H3,(H2,22,25). The van der Waals surface area contributed by atoms with Crippen LogP contribution in [0.5, 0.6) is 0 Å². The van der Waals surface area contributed by atoms with Crippen LogP contribution in [-0.2, 0) is 13.5 Å². The van der Waals surface area contributed by atoms with Gasteiger partial charge in [-0.1, -0.05) is 30.3 Å². The van der Waals surface area contributed by atoms with Crippen molar-refractivity contribution in [3.05, 3.63) is 63.1 Å². The quantitative estimate of drug-likeness (QED) is 0.596. The average Bonchev–Trinajstić information content (AvgIpc) is 3.18. The summed E-state index contributed by atoms with van der Waals surface area (Å²) in [5, 5.41) is 4.23. The van der Waals surface area contributed by atoms with E-state index in [0.717, 1.165) is 33.4 Å². The molecular formula is C19H21BrN4OS. The Hall–Kier alpha value is -1.96. The minimum absolute atomic E-state index is 0.109. The van der Waals surface area contributed by atoms with Gasteiger partial charge in [0.2, 0.25) is 0 Å². The Balaban J connectivity index is 2.09. The van der Waals surface area contributed by atoms with Crippen molar-refractivity contribution in [2.75, 3.05) is 6.54 Å². The molecule has 0 radical (unpaired) electrons. The fourth-order valence-electron chi connectivity index (χ4n) is 3.18. The summed E-state index contributed by atoms with van der Waals surface area (Å²) in [4.78, 5) is 13.7. The van der Waals surface area contributed by atoms with E-state index in [2.05, 4.69) is 33.2 Å². The summed E-state index contributed by atoms with van der Waals surface area (Å²) in [5.74, 6) is -0.299. The van der Waals surface area contributed by atoms with E-state index in [-0.39, 0.29) is 5.92 Å². The normalized spacial score (nSPS) is 12.3. The Bertz CT molecular complexity index is 904. The molecule has 0 saturated carbocycles. The summed E-state index contributed by atoms with van der Waals surface area (Å²) in [5.41, 5.74) is 14.7. The Kier molecular flexibility index (Phi) is 5.90. The number of amides is 1. The molecule has 1 amide bonds. The molecule has 3 aromatic rings. The van der Waals surface area contributed by atoms with Crippen molar-refractivity contribution in [1.82, 2.24) is 9.78 Å². The van der Waals surface area contributed by atoms with Gasteiger partial charge in [-0.05, 0) is 58.4 Å². The smallest absolute Gasteiger partial charge is 0.259 e. The molecule has 0 aliphatic carbocycles. The van der Waals surface area contributed by atoms with Gasteiger partial charge in [0.1, 0.15) is 0 Å². The zero-order valence-electron chi connectivity index (χ0n) is 14.5. The maximum absolute atomic E-state index is 12.2. The highest BCUT2D eigenvalue weighted by molar-refractivity contribution is 9.10. The van der Waals surface area contributed by atoms with Crippen LogP contribution in [-0.4, -0.2) is 22.2 Å². The summed E-state index contributed by atoms with van der Waals surface area (Å²) in [6, 6.07) is 12.2. The summed E-state index contributed by atoms with van der Waals surface area (Å²) < 4.78 is 2.70. The first-order chi connectivity index (χ1) is 12.5. The van der Waals surface area contributed by atoms with Gasteiger partial charge in [0.15, 0.2) is 0 Å². The van der Waals surface area contributed by atoms with Gasteiger partial charge in [-0.15, -0.1) is 11.3 Å². The zero-order valence-corrected chi connectivity index (χ0v) is 16.9. The van der Waals surface area contributed by atoms with E-state index in [9.17, 15) is 4.79 Å². The summed E-state index contributed by atoms with van der Waals surface area (Å²) >= 11 is 5.14. The predicted molar refractivity (Wildman–Crippen MR) is 109 cm³/mol. The van der Waals surface area contributed by atoms with Crippen molar-refractivity contribution in [2.24, 2.45) is 18.5 Å². The van der Waals surface area contributed by atoms with E-state index >= 15 is 0 Å². The Labute approximate surface area is 165 Å². The third kappa shape index (κ3) is 3.75. The van der Waals surface area contributed by atoms with Crippen LogP contribution in [0.2, 0.25) is 0 Å². The van der Waals surface area contributed by atoms with Crippen LogP contribution in [0, 0.1) is 0 Å².